The molecule has 2 unspecified atom stereocenters. The molecule has 0 spiro atoms. The summed E-state index contributed by atoms with van der Waals surface area (Å²) in [6.45, 7) is 8.12. The van der Waals surface area contributed by atoms with Crippen LogP contribution >= 0.6 is 0 Å². The Kier molecular flexibility index (Phi) is 7.59. The van der Waals surface area contributed by atoms with Crippen LogP contribution in [0.5, 0.6) is 0 Å². The summed E-state index contributed by atoms with van der Waals surface area (Å²) in [5.41, 5.74) is 1.70. The number of allylic oxidation sites excluding steroid dienone is 1. The Bertz CT molecular complexity index is 220. The maximum atomic E-state index is 3.76. The van der Waals surface area contributed by atoms with E-state index in [4.69, 9.17) is 0 Å². The molecular weight excluding hydrogens is 206 g/mol. The molecule has 0 saturated heterocycles. The van der Waals surface area contributed by atoms with Crippen molar-refractivity contribution in [3.8, 4) is 0 Å². The second-order valence-corrected chi connectivity index (χ2v) is 5.63. The molecule has 1 N–H and O–H groups in total. The minimum absolute atomic E-state index is 0.656. The van der Waals surface area contributed by atoms with Crippen molar-refractivity contribution >= 4 is 0 Å². The lowest BCUT2D eigenvalue weighted by atomic mass is 9.91. The van der Waals surface area contributed by atoms with E-state index < -0.39 is 0 Å². The van der Waals surface area contributed by atoms with Crippen LogP contribution in [0.4, 0.5) is 0 Å². The minimum Gasteiger partial charge on any atom is -0.310 e. The average Bonchev–Trinajstić information content (AvgIpc) is 2.62. The third-order valence-electron chi connectivity index (χ3n) is 4.00. The molecule has 100 valence electrons. The number of rotatable bonds is 7. The molecule has 1 rings (SSSR count). The molecule has 0 saturated carbocycles. The first-order valence-corrected chi connectivity index (χ1v) is 7.70. The Morgan fingerprint density at radius 2 is 2.06 bits per heavy atom. The van der Waals surface area contributed by atoms with Gasteiger partial charge in [-0.05, 0) is 51.0 Å². The van der Waals surface area contributed by atoms with E-state index in [-0.39, 0.29) is 0 Å². The molecule has 1 nitrogen and oxygen atoms in total. The van der Waals surface area contributed by atoms with E-state index in [2.05, 4.69) is 32.2 Å². The summed E-state index contributed by atoms with van der Waals surface area (Å²) in [6.07, 6.45) is 13.2. The van der Waals surface area contributed by atoms with Gasteiger partial charge >= 0.3 is 0 Å². The fraction of sp³-hybridized carbons (Fsp3) is 0.875. The predicted octanol–water partition coefficient (Wildman–Crippen LogP) is 4.68. The third kappa shape index (κ3) is 5.72. The molecule has 0 amide bonds. The largest absolute Gasteiger partial charge is 0.310 e. The van der Waals surface area contributed by atoms with Crippen molar-refractivity contribution in [1.82, 2.24) is 5.32 Å². The van der Waals surface area contributed by atoms with Crippen molar-refractivity contribution in [1.29, 1.82) is 0 Å². The molecular formula is C16H31N. The van der Waals surface area contributed by atoms with Gasteiger partial charge in [0, 0.05) is 6.04 Å². The van der Waals surface area contributed by atoms with Gasteiger partial charge in [0.25, 0.3) is 0 Å². The van der Waals surface area contributed by atoms with Gasteiger partial charge in [-0.2, -0.15) is 0 Å². The minimum atomic E-state index is 0.656. The molecule has 0 aromatic rings. The fourth-order valence-electron chi connectivity index (χ4n) is 2.61. The van der Waals surface area contributed by atoms with E-state index in [0.29, 0.717) is 6.04 Å². The SMILES string of the molecule is CCCNC(CC(C)CC)C1=CCCCCC1. The molecule has 0 bridgehead atoms. The van der Waals surface area contributed by atoms with E-state index in [1.807, 2.05) is 0 Å². The van der Waals surface area contributed by atoms with Crippen molar-refractivity contribution in [2.75, 3.05) is 6.54 Å². The normalized spacial score (nSPS) is 20.5. The Labute approximate surface area is 108 Å². The van der Waals surface area contributed by atoms with E-state index in [0.717, 1.165) is 5.92 Å². The third-order valence-corrected chi connectivity index (χ3v) is 4.00. The highest BCUT2D eigenvalue weighted by Crippen LogP contribution is 2.24. The van der Waals surface area contributed by atoms with E-state index >= 15 is 0 Å². The maximum Gasteiger partial charge on any atom is 0.0281 e. The average molecular weight is 237 g/mol. The van der Waals surface area contributed by atoms with Crippen LogP contribution in [0.1, 0.15) is 72.1 Å². The highest BCUT2D eigenvalue weighted by molar-refractivity contribution is 5.12. The van der Waals surface area contributed by atoms with Gasteiger partial charge in [0.05, 0.1) is 0 Å². The van der Waals surface area contributed by atoms with Gasteiger partial charge in [-0.25, -0.2) is 0 Å². The van der Waals surface area contributed by atoms with Crippen molar-refractivity contribution < 1.29 is 0 Å². The monoisotopic (exact) mass is 237 g/mol. The van der Waals surface area contributed by atoms with Gasteiger partial charge in [0.1, 0.15) is 0 Å². The van der Waals surface area contributed by atoms with E-state index in [1.165, 1.54) is 57.9 Å². The zero-order valence-corrected chi connectivity index (χ0v) is 12.1. The lowest BCUT2D eigenvalue weighted by Crippen LogP contribution is -2.33. The highest BCUT2D eigenvalue weighted by Gasteiger charge is 2.16. The first kappa shape index (κ1) is 14.8. The van der Waals surface area contributed by atoms with Crippen LogP contribution in [-0.4, -0.2) is 12.6 Å². The van der Waals surface area contributed by atoms with Gasteiger partial charge in [-0.15, -0.1) is 0 Å². The summed E-state index contributed by atoms with van der Waals surface area (Å²) in [5.74, 6) is 0.841. The summed E-state index contributed by atoms with van der Waals surface area (Å²) in [6, 6.07) is 0.656. The van der Waals surface area contributed by atoms with Gasteiger partial charge < -0.3 is 5.32 Å². The predicted molar refractivity (Wildman–Crippen MR) is 77.3 cm³/mol. The van der Waals surface area contributed by atoms with Crippen molar-refractivity contribution in [3.05, 3.63) is 11.6 Å². The quantitative estimate of drug-likeness (QED) is 0.634. The molecule has 1 aliphatic rings. The van der Waals surface area contributed by atoms with Gasteiger partial charge in [0.2, 0.25) is 0 Å². The molecule has 0 radical (unpaired) electrons. The van der Waals surface area contributed by atoms with Crippen LogP contribution in [0.25, 0.3) is 0 Å². The molecule has 1 aliphatic carbocycles. The van der Waals surface area contributed by atoms with Gasteiger partial charge in [0.15, 0.2) is 0 Å². The second-order valence-electron chi connectivity index (χ2n) is 5.63. The standard InChI is InChI=1S/C16H31N/c1-4-12-17-16(13-14(3)5-2)15-10-8-6-7-9-11-15/h10,14,16-17H,4-9,11-13H2,1-3H3. The van der Waals surface area contributed by atoms with Crippen LogP contribution in [0.2, 0.25) is 0 Å². The molecule has 2 atom stereocenters. The Morgan fingerprint density at radius 3 is 2.76 bits per heavy atom. The number of nitrogens with one attached hydrogen (secondary N) is 1. The second kappa shape index (κ2) is 8.74. The molecule has 0 heterocycles. The van der Waals surface area contributed by atoms with Crippen molar-refractivity contribution in [2.24, 2.45) is 5.92 Å². The van der Waals surface area contributed by atoms with Crippen molar-refractivity contribution in [3.63, 3.8) is 0 Å². The van der Waals surface area contributed by atoms with Crippen LogP contribution in [0.3, 0.4) is 0 Å². The zero-order valence-electron chi connectivity index (χ0n) is 12.1. The maximum absolute atomic E-state index is 3.76. The topological polar surface area (TPSA) is 12.0 Å². The molecule has 0 aromatic heterocycles. The number of hydrogen-bond acceptors (Lipinski definition) is 1. The van der Waals surface area contributed by atoms with E-state index in [1.54, 1.807) is 5.57 Å². The first-order valence-electron chi connectivity index (χ1n) is 7.70. The van der Waals surface area contributed by atoms with Gasteiger partial charge in [-0.3, -0.25) is 0 Å². The van der Waals surface area contributed by atoms with Crippen LogP contribution in [0, 0.1) is 5.92 Å². The van der Waals surface area contributed by atoms with Crippen LogP contribution < -0.4 is 5.32 Å². The Balaban J connectivity index is 2.55. The van der Waals surface area contributed by atoms with Gasteiger partial charge in [-0.1, -0.05) is 45.3 Å². The van der Waals surface area contributed by atoms with Crippen LogP contribution in [0.15, 0.2) is 11.6 Å². The highest BCUT2D eigenvalue weighted by atomic mass is 14.9. The zero-order chi connectivity index (χ0) is 12.5. The van der Waals surface area contributed by atoms with E-state index in [9.17, 15) is 0 Å². The summed E-state index contributed by atoms with van der Waals surface area (Å²) in [5, 5.41) is 3.76. The molecule has 1 heteroatoms. The lowest BCUT2D eigenvalue weighted by Gasteiger charge is -2.24. The van der Waals surface area contributed by atoms with Crippen LogP contribution in [-0.2, 0) is 0 Å². The van der Waals surface area contributed by atoms with Crippen molar-refractivity contribution in [2.45, 2.75) is 78.2 Å². The molecule has 0 aromatic carbocycles. The Hall–Kier alpha value is -0.300. The summed E-state index contributed by atoms with van der Waals surface area (Å²) >= 11 is 0. The molecule has 17 heavy (non-hydrogen) atoms. The Morgan fingerprint density at radius 1 is 1.24 bits per heavy atom. The lowest BCUT2D eigenvalue weighted by molar-refractivity contribution is 0.418. The summed E-state index contributed by atoms with van der Waals surface area (Å²) < 4.78 is 0. The molecule has 0 aliphatic heterocycles. The first-order chi connectivity index (χ1) is 8.27. The molecule has 0 fully saturated rings. The smallest absolute Gasteiger partial charge is 0.0281 e. The summed E-state index contributed by atoms with van der Waals surface area (Å²) in [4.78, 5) is 0. The fourth-order valence-corrected chi connectivity index (χ4v) is 2.61. The summed E-state index contributed by atoms with van der Waals surface area (Å²) in [7, 11) is 0. The number of hydrogen-bond donors (Lipinski definition) is 1.